The first-order valence-electron chi connectivity index (χ1n) is 9.40. The number of amides is 1. The van der Waals surface area contributed by atoms with Gasteiger partial charge in [0, 0.05) is 22.8 Å². The van der Waals surface area contributed by atoms with Crippen molar-refractivity contribution in [1.29, 1.82) is 0 Å². The Balaban J connectivity index is 1.51. The van der Waals surface area contributed by atoms with Gasteiger partial charge >= 0.3 is 0 Å². The van der Waals surface area contributed by atoms with Crippen LogP contribution < -0.4 is 19.5 Å². The molecule has 0 aliphatic heterocycles. The Kier molecular flexibility index (Phi) is 7.98. The van der Waals surface area contributed by atoms with Crippen LogP contribution in [0.3, 0.4) is 0 Å². The Hall–Kier alpha value is -2.71. The lowest BCUT2D eigenvalue weighted by Gasteiger charge is -2.11. The predicted octanol–water partition coefficient (Wildman–Crippen LogP) is 5.10. The van der Waals surface area contributed by atoms with Crippen molar-refractivity contribution in [2.24, 2.45) is 0 Å². The van der Waals surface area contributed by atoms with Crippen LogP contribution >= 0.6 is 23.1 Å². The summed E-state index contributed by atoms with van der Waals surface area (Å²) in [7, 11) is 3.15. The van der Waals surface area contributed by atoms with Crippen molar-refractivity contribution < 1.29 is 19.0 Å². The molecule has 3 rings (SSSR count). The Labute approximate surface area is 184 Å². The molecule has 0 atom stereocenters. The van der Waals surface area contributed by atoms with Crippen LogP contribution in [0.2, 0.25) is 0 Å². The van der Waals surface area contributed by atoms with Gasteiger partial charge in [0.1, 0.15) is 22.3 Å². The largest absolute Gasteiger partial charge is 0.497 e. The van der Waals surface area contributed by atoms with Crippen LogP contribution in [0.5, 0.6) is 17.2 Å². The molecule has 0 bridgehead atoms. The second kappa shape index (κ2) is 10.9. The molecule has 0 aliphatic rings. The molecule has 1 aromatic heterocycles. The van der Waals surface area contributed by atoms with Crippen LogP contribution in [0.4, 0.5) is 5.69 Å². The average Bonchev–Trinajstić information content (AvgIpc) is 3.23. The van der Waals surface area contributed by atoms with Gasteiger partial charge in [0.15, 0.2) is 0 Å². The van der Waals surface area contributed by atoms with Crippen LogP contribution in [0.1, 0.15) is 12.6 Å². The summed E-state index contributed by atoms with van der Waals surface area (Å²) in [5.41, 5.74) is 2.61. The molecule has 0 fully saturated rings. The number of carbonyl (C=O) groups is 1. The number of aromatic nitrogens is 1. The molecule has 8 heteroatoms. The Morgan fingerprint density at radius 3 is 2.57 bits per heavy atom. The molecule has 1 N–H and O–H groups in total. The zero-order valence-corrected chi connectivity index (χ0v) is 18.8. The summed E-state index contributed by atoms with van der Waals surface area (Å²) in [4.78, 5) is 17.0. The molecule has 158 valence electrons. The maximum Gasteiger partial charge on any atom is 0.234 e. The lowest BCUT2D eigenvalue weighted by Crippen LogP contribution is -2.15. The van der Waals surface area contributed by atoms with Crippen LogP contribution in [0, 0.1) is 0 Å². The first-order valence-corrected chi connectivity index (χ1v) is 11.4. The number of hydrogen-bond donors (Lipinski definition) is 1. The lowest BCUT2D eigenvalue weighted by molar-refractivity contribution is -0.113. The molecule has 1 amide bonds. The summed E-state index contributed by atoms with van der Waals surface area (Å²) >= 11 is 3.11. The standard InChI is InChI=1S/C22H24N2O4S2/c1-4-28-17-7-5-15(6-8-17)22-23-16(13-30-22)12-29-14-21(25)24-19-11-18(26-2)9-10-20(19)27-3/h5-11,13H,4,12,14H2,1-3H3,(H,24,25). The summed E-state index contributed by atoms with van der Waals surface area (Å²) in [5, 5.41) is 5.86. The van der Waals surface area contributed by atoms with Gasteiger partial charge in [0.25, 0.3) is 0 Å². The van der Waals surface area contributed by atoms with E-state index in [1.54, 1.807) is 43.8 Å². The lowest BCUT2D eigenvalue weighted by atomic mass is 10.2. The van der Waals surface area contributed by atoms with Crippen molar-refractivity contribution in [3.8, 4) is 27.8 Å². The minimum Gasteiger partial charge on any atom is -0.497 e. The molecule has 0 unspecified atom stereocenters. The smallest absolute Gasteiger partial charge is 0.234 e. The fourth-order valence-electron chi connectivity index (χ4n) is 2.71. The number of ether oxygens (including phenoxy) is 3. The number of rotatable bonds is 10. The number of thiazole rings is 1. The van der Waals surface area contributed by atoms with Gasteiger partial charge in [0.05, 0.1) is 38.0 Å². The van der Waals surface area contributed by atoms with Gasteiger partial charge in [-0.3, -0.25) is 4.79 Å². The minimum absolute atomic E-state index is 0.103. The normalized spacial score (nSPS) is 10.5. The van der Waals surface area contributed by atoms with E-state index in [1.807, 2.05) is 36.6 Å². The van der Waals surface area contributed by atoms with Crippen molar-refractivity contribution in [3.63, 3.8) is 0 Å². The van der Waals surface area contributed by atoms with Crippen molar-refractivity contribution in [2.75, 3.05) is 31.9 Å². The van der Waals surface area contributed by atoms with Crippen LogP contribution in [-0.4, -0.2) is 37.5 Å². The molecule has 0 saturated carbocycles. The third-order valence-corrected chi connectivity index (χ3v) is 6.03. The number of nitrogens with zero attached hydrogens (tertiary/aromatic N) is 1. The average molecular weight is 445 g/mol. The molecular weight excluding hydrogens is 420 g/mol. The number of carbonyl (C=O) groups excluding carboxylic acids is 1. The third-order valence-electron chi connectivity index (χ3n) is 4.13. The van der Waals surface area contributed by atoms with E-state index in [0.29, 0.717) is 35.3 Å². The second-order valence-corrected chi connectivity index (χ2v) is 8.05. The molecule has 0 radical (unpaired) electrons. The van der Waals surface area contributed by atoms with E-state index in [0.717, 1.165) is 22.0 Å². The number of methoxy groups -OCH3 is 2. The number of hydrogen-bond acceptors (Lipinski definition) is 7. The van der Waals surface area contributed by atoms with Crippen LogP contribution in [0.15, 0.2) is 47.8 Å². The summed E-state index contributed by atoms with van der Waals surface area (Å²) < 4.78 is 16.0. The van der Waals surface area contributed by atoms with Gasteiger partial charge in [0.2, 0.25) is 5.91 Å². The van der Waals surface area contributed by atoms with E-state index < -0.39 is 0 Å². The maximum atomic E-state index is 12.3. The highest BCUT2D eigenvalue weighted by Gasteiger charge is 2.11. The molecule has 3 aromatic rings. The Morgan fingerprint density at radius 1 is 1.10 bits per heavy atom. The molecule has 2 aromatic carbocycles. The third kappa shape index (κ3) is 5.90. The summed E-state index contributed by atoms with van der Waals surface area (Å²) in [6, 6.07) is 13.2. The quantitative estimate of drug-likeness (QED) is 0.469. The van der Waals surface area contributed by atoms with Gasteiger partial charge in [-0.25, -0.2) is 4.98 Å². The molecule has 0 spiro atoms. The highest BCUT2D eigenvalue weighted by Crippen LogP contribution is 2.30. The number of thioether (sulfide) groups is 1. The highest BCUT2D eigenvalue weighted by atomic mass is 32.2. The zero-order valence-electron chi connectivity index (χ0n) is 17.1. The van der Waals surface area contributed by atoms with E-state index in [2.05, 4.69) is 10.3 Å². The van der Waals surface area contributed by atoms with Gasteiger partial charge in [-0.1, -0.05) is 0 Å². The van der Waals surface area contributed by atoms with E-state index in [9.17, 15) is 4.79 Å². The highest BCUT2D eigenvalue weighted by molar-refractivity contribution is 7.99. The van der Waals surface area contributed by atoms with Crippen molar-refractivity contribution in [3.05, 3.63) is 53.5 Å². The van der Waals surface area contributed by atoms with Crippen LogP contribution in [-0.2, 0) is 10.5 Å². The Morgan fingerprint density at radius 2 is 1.87 bits per heavy atom. The fourth-order valence-corrected chi connectivity index (χ4v) is 4.36. The number of benzene rings is 2. The predicted molar refractivity (Wildman–Crippen MR) is 123 cm³/mol. The van der Waals surface area contributed by atoms with Crippen molar-refractivity contribution in [2.45, 2.75) is 12.7 Å². The number of nitrogens with one attached hydrogen (secondary N) is 1. The molecule has 0 aliphatic carbocycles. The summed E-state index contributed by atoms with van der Waals surface area (Å²) in [6.45, 7) is 2.61. The summed E-state index contributed by atoms with van der Waals surface area (Å²) in [5.74, 6) is 2.98. The maximum absolute atomic E-state index is 12.3. The summed E-state index contributed by atoms with van der Waals surface area (Å²) in [6.07, 6.45) is 0. The monoisotopic (exact) mass is 444 g/mol. The van der Waals surface area contributed by atoms with Gasteiger partial charge in [-0.2, -0.15) is 0 Å². The van der Waals surface area contributed by atoms with Gasteiger partial charge in [-0.15, -0.1) is 23.1 Å². The minimum atomic E-state index is -0.103. The van der Waals surface area contributed by atoms with Crippen LogP contribution in [0.25, 0.3) is 10.6 Å². The van der Waals surface area contributed by atoms with E-state index in [-0.39, 0.29) is 5.91 Å². The van der Waals surface area contributed by atoms with E-state index >= 15 is 0 Å². The van der Waals surface area contributed by atoms with Crippen molar-refractivity contribution in [1.82, 2.24) is 4.98 Å². The fraction of sp³-hybridized carbons (Fsp3) is 0.273. The van der Waals surface area contributed by atoms with Crippen molar-refractivity contribution >= 4 is 34.7 Å². The molecule has 1 heterocycles. The molecular formula is C22H24N2O4S2. The zero-order chi connectivity index (χ0) is 21.3. The Bertz CT molecular complexity index is 974. The topological polar surface area (TPSA) is 69.7 Å². The molecule has 0 saturated heterocycles. The number of anilines is 1. The first kappa shape index (κ1) is 22.0. The van der Waals surface area contributed by atoms with Gasteiger partial charge in [-0.05, 0) is 43.3 Å². The molecule has 30 heavy (non-hydrogen) atoms. The van der Waals surface area contributed by atoms with E-state index in [1.165, 1.54) is 11.8 Å². The van der Waals surface area contributed by atoms with E-state index in [4.69, 9.17) is 14.2 Å². The molecule has 6 nitrogen and oxygen atoms in total. The SMILES string of the molecule is CCOc1ccc(-c2nc(CSCC(=O)Nc3cc(OC)ccc3OC)cs2)cc1. The van der Waals surface area contributed by atoms with Gasteiger partial charge < -0.3 is 19.5 Å². The second-order valence-electron chi connectivity index (χ2n) is 6.21. The first-order chi connectivity index (χ1) is 14.6.